The molecule has 2 aliphatic rings. The number of nitrogens with zero attached hydrogens (tertiary/aromatic N) is 1. The fraction of sp³-hybridized carbons (Fsp3) is 0.478. The average molecular weight is 399 g/mol. The molecule has 1 saturated carbocycles. The van der Waals surface area contributed by atoms with Gasteiger partial charge in [0.1, 0.15) is 0 Å². The zero-order valence-electron chi connectivity index (χ0n) is 16.6. The first kappa shape index (κ1) is 19.6. The summed E-state index contributed by atoms with van der Waals surface area (Å²) in [4.78, 5) is 2.98. The fourth-order valence-corrected chi connectivity index (χ4v) is 5.69. The Labute approximate surface area is 168 Å². The largest absolute Gasteiger partial charge is 0.312 e. The van der Waals surface area contributed by atoms with Crippen molar-refractivity contribution in [1.29, 1.82) is 0 Å². The van der Waals surface area contributed by atoms with E-state index in [2.05, 4.69) is 40.5 Å². The topological polar surface area (TPSA) is 49.4 Å². The average Bonchev–Trinajstić information content (AvgIpc) is 3.37. The first-order valence-electron chi connectivity index (χ1n) is 10.3. The number of likely N-dealkylation sites (tertiary alicyclic amines) is 1. The van der Waals surface area contributed by atoms with E-state index >= 15 is 0 Å². The molecule has 1 heterocycles. The number of rotatable bonds is 8. The van der Waals surface area contributed by atoms with E-state index in [9.17, 15) is 8.42 Å². The van der Waals surface area contributed by atoms with E-state index in [4.69, 9.17) is 0 Å². The molecule has 4 rings (SSSR count). The summed E-state index contributed by atoms with van der Waals surface area (Å²) in [6.45, 7) is 5.94. The molecule has 2 fully saturated rings. The van der Waals surface area contributed by atoms with Crippen LogP contribution in [0.1, 0.15) is 30.4 Å². The first-order chi connectivity index (χ1) is 13.5. The minimum Gasteiger partial charge on any atom is -0.312 e. The summed E-state index contributed by atoms with van der Waals surface area (Å²) < 4.78 is 25.0. The molecule has 1 aliphatic heterocycles. The third-order valence-corrected chi connectivity index (χ3v) is 8.04. The zero-order chi connectivity index (χ0) is 19.6. The molecule has 1 atom stereocenters. The SMILES string of the molecule is Cc1ccc(S(=O)(=O)CCCN[C@H]2CN(Cc3ccccc3)CC23CC3)cc1. The molecule has 4 nitrogen and oxygen atoms in total. The lowest BCUT2D eigenvalue weighted by Gasteiger charge is -2.19. The van der Waals surface area contributed by atoms with Gasteiger partial charge in [-0.05, 0) is 55.8 Å². The second-order valence-electron chi connectivity index (χ2n) is 8.51. The van der Waals surface area contributed by atoms with Crippen molar-refractivity contribution in [3.8, 4) is 0 Å². The normalized spacial score (nSPS) is 21.2. The fourth-order valence-electron chi connectivity index (χ4n) is 4.38. The maximum atomic E-state index is 12.5. The highest BCUT2D eigenvalue weighted by molar-refractivity contribution is 7.91. The maximum absolute atomic E-state index is 12.5. The van der Waals surface area contributed by atoms with Crippen LogP contribution in [0.3, 0.4) is 0 Å². The second-order valence-corrected chi connectivity index (χ2v) is 10.6. The summed E-state index contributed by atoms with van der Waals surface area (Å²) in [5.41, 5.74) is 2.87. The molecule has 0 radical (unpaired) electrons. The lowest BCUT2D eigenvalue weighted by atomic mass is 10.0. The minimum absolute atomic E-state index is 0.205. The van der Waals surface area contributed by atoms with Crippen molar-refractivity contribution in [3.63, 3.8) is 0 Å². The Balaban J connectivity index is 1.26. The number of hydrogen-bond donors (Lipinski definition) is 1. The van der Waals surface area contributed by atoms with Gasteiger partial charge in [0.2, 0.25) is 0 Å². The van der Waals surface area contributed by atoms with Crippen molar-refractivity contribution in [3.05, 3.63) is 65.7 Å². The molecule has 0 aromatic heterocycles. The van der Waals surface area contributed by atoms with Crippen LogP contribution in [-0.4, -0.2) is 44.7 Å². The van der Waals surface area contributed by atoms with Crippen molar-refractivity contribution in [2.75, 3.05) is 25.4 Å². The molecule has 5 heteroatoms. The van der Waals surface area contributed by atoms with E-state index in [1.54, 1.807) is 12.1 Å². The Kier molecular flexibility index (Phi) is 5.59. The van der Waals surface area contributed by atoms with Crippen LogP contribution in [0.15, 0.2) is 59.5 Å². The molecule has 0 amide bonds. The van der Waals surface area contributed by atoms with E-state index in [0.29, 0.717) is 22.8 Å². The summed E-state index contributed by atoms with van der Waals surface area (Å²) in [5.74, 6) is 0.205. The van der Waals surface area contributed by atoms with Crippen molar-refractivity contribution in [2.45, 2.75) is 43.7 Å². The number of benzene rings is 2. The molecular formula is C23H30N2O2S. The third kappa shape index (κ3) is 4.48. The second kappa shape index (κ2) is 7.97. The molecule has 1 aliphatic carbocycles. The van der Waals surface area contributed by atoms with E-state index in [-0.39, 0.29) is 5.75 Å². The highest BCUT2D eigenvalue weighted by Crippen LogP contribution is 2.53. The number of hydrogen-bond acceptors (Lipinski definition) is 4. The van der Waals surface area contributed by atoms with Crippen LogP contribution in [0.25, 0.3) is 0 Å². The van der Waals surface area contributed by atoms with Crippen molar-refractivity contribution < 1.29 is 8.42 Å². The number of sulfone groups is 1. The summed E-state index contributed by atoms with van der Waals surface area (Å²) in [7, 11) is -3.19. The minimum atomic E-state index is -3.19. The highest BCUT2D eigenvalue weighted by Gasteiger charge is 2.54. The van der Waals surface area contributed by atoms with Crippen molar-refractivity contribution >= 4 is 9.84 Å². The molecule has 1 saturated heterocycles. The molecular weight excluding hydrogens is 368 g/mol. The standard InChI is InChI=1S/C23H30N2O2S/c1-19-8-10-21(11-9-19)28(26,27)15-5-14-24-22-17-25(18-23(22)12-13-23)16-20-6-3-2-4-7-20/h2-4,6-11,22,24H,5,12-18H2,1H3/t22-/m0/s1. The van der Waals surface area contributed by atoms with Crippen LogP contribution >= 0.6 is 0 Å². The lowest BCUT2D eigenvalue weighted by Crippen LogP contribution is -2.38. The van der Waals surface area contributed by atoms with Crippen LogP contribution < -0.4 is 5.32 Å². The van der Waals surface area contributed by atoms with Gasteiger partial charge in [-0.3, -0.25) is 4.90 Å². The predicted molar refractivity (Wildman–Crippen MR) is 113 cm³/mol. The summed E-state index contributed by atoms with van der Waals surface area (Å²) in [6.07, 6.45) is 3.23. The lowest BCUT2D eigenvalue weighted by molar-refractivity contribution is 0.311. The van der Waals surface area contributed by atoms with Gasteiger partial charge in [-0.2, -0.15) is 0 Å². The van der Waals surface area contributed by atoms with Crippen LogP contribution in [0.4, 0.5) is 0 Å². The van der Waals surface area contributed by atoms with E-state index in [1.807, 2.05) is 19.1 Å². The van der Waals surface area contributed by atoms with Crippen LogP contribution in [0.5, 0.6) is 0 Å². The van der Waals surface area contributed by atoms with Gasteiger partial charge in [0.15, 0.2) is 9.84 Å². The maximum Gasteiger partial charge on any atom is 0.178 e. The van der Waals surface area contributed by atoms with Crippen LogP contribution in [-0.2, 0) is 16.4 Å². The zero-order valence-corrected chi connectivity index (χ0v) is 17.4. The third-order valence-electron chi connectivity index (χ3n) is 6.22. The van der Waals surface area contributed by atoms with E-state index < -0.39 is 9.84 Å². The van der Waals surface area contributed by atoms with Crippen LogP contribution in [0.2, 0.25) is 0 Å². The molecule has 0 unspecified atom stereocenters. The number of nitrogens with one attached hydrogen (secondary N) is 1. The monoisotopic (exact) mass is 398 g/mol. The quantitative estimate of drug-likeness (QED) is 0.693. The highest BCUT2D eigenvalue weighted by atomic mass is 32.2. The first-order valence-corrected chi connectivity index (χ1v) is 11.9. The van der Waals surface area contributed by atoms with Crippen LogP contribution in [0, 0.1) is 12.3 Å². The Hall–Kier alpha value is -1.69. The molecule has 2 aromatic rings. The van der Waals surface area contributed by atoms with E-state index in [1.165, 1.54) is 18.4 Å². The molecule has 1 N–H and O–H groups in total. The molecule has 28 heavy (non-hydrogen) atoms. The molecule has 1 spiro atoms. The van der Waals surface area contributed by atoms with Gasteiger partial charge in [-0.15, -0.1) is 0 Å². The van der Waals surface area contributed by atoms with Crippen molar-refractivity contribution in [2.24, 2.45) is 5.41 Å². The van der Waals surface area contributed by atoms with Gasteiger partial charge in [-0.1, -0.05) is 48.0 Å². The summed E-state index contributed by atoms with van der Waals surface area (Å²) in [5, 5.41) is 3.68. The van der Waals surface area contributed by atoms with Gasteiger partial charge in [0, 0.05) is 25.7 Å². The summed E-state index contributed by atoms with van der Waals surface area (Å²) >= 11 is 0. The summed E-state index contributed by atoms with van der Waals surface area (Å²) in [6, 6.07) is 18.3. The Morgan fingerprint density at radius 1 is 1.07 bits per heavy atom. The van der Waals surface area contributed by atoms with Crippen molar-refractivity contribution in [1.82, 2.24) is 10.2 Å². The van der Waals surface area contributed by atoms with Gasteiger partial charge in [0.05, 0.1) is 10.6 Å². The van der Waals surface area contributed by atoms with Gasteiger partial charge >= 0.3 is 0 Å². The predicted octanol–water partition coefficient (Wildman–Crippen LogP) is 3.41. The smallest absolute Gasteiger partial charge is 0.178 e. The number of aryl methyl sites for hydroxylation is 1. The Morgan fingerprint density at radius 3 is 2.46 bits per heavy atom. The Morgan fingerprint density at radius 2 is 1.79 bits per heavy atom. The van der Waals surface area contributed by atoms with Gasteiger partial charge < -0.3 is 5.32 Å². The molecule has 2 aromatic carbocycles. The molecule has 150 valence electrons. The van der Waals surface area contributed by atoms with E-state index in [0.717, 1.165) is 31.7 Å². The molecule has 0 bridgehead atoms. The van der Waals surface area contributed by atoms with Gasteiger partial charge in [-0.25, -0.2) is 8.42 Å². The van der Waals surface area contributed by atoms with Gasteiger partial charge in [0.25, 0.3) is 0 Å². The Bertz CT molecular complexity index is 890.